The van der Waals surface area contributed by atoms with Crippen LogP contribution in [0.2, 0.25) is 5.02 Å². The zero-order valence-electron chi connectivity index (χ0n) is 16.5. The third kappa shape index (κ3) is 4.21. The van der Waals surface area contributed by atoms with Gasteiger partial charge in [-0.25, -0.2) is 9.97 Å². The number of aromatic nitrogens is 3. The summed E-state index contributed by atoms with van der Waals surface area (Å²) in [5.74, 6) is 0.459. The van der Waals surface area contributed by atoms with Gasteiger partial charge in [0.25, 0.3) is 5.56 Å². The van der Waals surface area contributed by atoms with Gasteiger partial charge in [-0.1, -0.05) is 23.7 Å². The lowest BCUT2D eigenvalue weighted by atomic mass is 10.1. The fraction of sp³-hybridized carbons (Fsp3) is 0.190. The van der Waals surface area contributed by atoms with Gasteiger partial charge in [-0.15, -0.1) is 11.3 Å². The number of nitrogens with zero attached hydrogens (tertiary/aromatic N) is 3. The van der Waals surface area contributed by atoms with Crippen LogP contribution in [0.3, 0.4) is 0 Å². The first kappa shape index (κ1) is 22.3. The topological polar surface area (TPSA) is 94.0 Å². The molecule has 0 radical (unpaired) electrons. The molecule has 4 aromatic rings. The van der Waals surface area contributed by atoms with Gasteiger partial charge in [0.05, 0.1) is 22.3 Å². The number of alkyl halides is 3. The molecular weight excluding hydrogens is 465 g/mol. The van der Waals surface area contributed by atoms with E-state index in [-0.39, 0.29) is 33.1 Å². The average Bonchev–Trinajstić information content (AvgIpc) is 3.21. The number of aliphatic hydroxyl groups excluding tert-OH is 1. The van der Waals surface area contributed by atoms with Crippen molar-refractivity contribution in [2.45, 2.75) is 25.7 Å². The lowest BCUT2D eigenvalue weighted by Crippen LogP contribution is -2.24. The van der Waals surface area contributed by atoms with E-state index in [2.05, 4.69) is 9.97 Å². The number of hydrogen-bond acceptors (Lipinski definition) is 6. The van der Waals surface area contributed by atoms with Gasteiger partial charge in [-0.2, -0.15) is 13.2 Å². The molecule has 0 spiro atoms. The Kier molecular flexibility index (Phi) is 5.70. The van der Waals surface area contributed by atoms with Crippen molar-refractivity contribution in [1.82, 2.24) is 14.5 Å². The van der Waals surface area contributed by atoms with Crippen LogP contribution in [-0.2, 0) is 6.54 Å². The number of nitrogen functional groups attached to an aromatic ring is 1. The molecule has 0 amide bonds. The minimum atomic E-state index is -4.80. The second kappa shape index (κ2) is 8.19. The van der Waals surface area contributed by atoms with Crippen LogP contribution in [0.1, 0.15) is 22.4 Å². The van der Waals surface area contributed by atoms with E-state index in [1.54, 1.807) is 19.1 Å². The van der Waals surface area contributed by atoms with Gasteiger partial charge in [0.1, 0.15) is 10.8 Å². The van der Waals surface area contributed by atoms with Gasteiger partial charge in [0.15, 0.2) is 6.10 Å². The first-order valence-corrected chi connectivity index (χ1v) is 10.5. The second-order valence-electron chi connectivity index (χ2n) is 7.15. The number of anilines is 1. The van der Waals surface area contributed by atoms with Crippen molar-refractivity contribution >= 4 is 39.5 Å². The van der Waals surface area contributed by atoms with Crippen molar-refractivity contribution in [1.29, 1.82) is 0 Å². The highest BCUT2D eigenvalue weighted by Crippen LogP contribution is 2.39. The zero-order chi connectivity index (χ0) is 23.2. The molecule has 0 aliphatic heterocycles. The van der Waals surface area contributed by atoms with Gasteiger partial charge in [-0.05, 0) is 36.8 Å². The molecule has 0 saturated heterocycles. The first-order chi connectivity index (χ1) is 15.0. The van der Waals surface area contributed by atoms with Crippen LogP contribution in [-0.4, -0.2) is 25.8 Å². The molecule has 0 saturated carbocycles. The monoisotopic (exact) mass is 480 g/mol. The van der Waals surface area contributed by atoms with Gasteiger partial charge in [0, 0.05) is 22.5 Å². The number of aryl methyl sites for hydroxylation is 1. The Morgan fingerprint density at radius 1 is 1.25 bits per heavy atom. The number of thiazole rings is 1. The Bertz CT molecular complexity index is 1370. The van der Waals surface area contributed by atoms with E-state index in [0.29, 0.717) is 33.3 Å². The second-order valence-corrected chi connectivity index (χ2v) is 8.64. The van der Waals surface area contributed by atoms with E-state index >= 15 is 0 Å². The van der Waals surface area contributed by atoms with Crippen LogP contribution >= 0.6 is 22.9 Å². The molecule has 1 unspecified atom stereocenters. The number of halogens is 4. The van der Waals surface area contributed by atoms with Crippen LogP contribution < -0.4 is 11.3 Å². The van der Waals surface area contributed by atoms with Crippen molar-refractivity contribution in [2.75, 3.05) is 5.73 Å². The number of hydrogen-bond donors (Lipinski definition) is 2. The largest absolute Gasteiger partial charge is 0.419 e. The van der Waals surface area contributed by atoms with Gasteiger partial charge in [0.2, 0.25) is 0 Å². The lowest BCUT2D eigenvalue weighted by molar-refractivity contribution is -0.205. The Balaban J connectivity index is 1.76. The van der Waals surface area contributed by atoms with Gasteiger partial charge in [-0.3, -0.25) is 9.36 Å². The minimum Gasteiger partial charge on any atom is -0.398 e. The molecule has 3 N–H and O–H groups in total. The Morgan fingerprint density at radius 2 is 1.94 bits per heavy atom. The highest BCUT2D eigenvalue weighted by molar-refractivity contribution is 7.15. The summed E-state index contributed by atoms with van der Waals surface area (Å²) < 4.78 is 39.9. The molecule has 0 aliphatic rings. The standard InChI is InChI=1S/C21H16ClF3N4O2S/c1-10-28-16-7-13(19-27-8-17(32-19)18(30)21(23,24)25)15(26)6-14(16)20(31)29(10)9-11-2-4-12(22)5-3-11/h2-8,18,30H,9,26H2,1H3. The third-order valence-corrected chi connectivity index (χ3v) is 6.24. The summed E-state index contributed by atoms with van der Waals surface area (Å²) in [5.41, 5.74) is 7.52. The number of rotatable bonds is 4. The molecule has 2 aromatic heterocycles. The summed E-state index contributed by atoms with van der Waals surface area (Å²) in [6.07, 6.45) is -6.46. The van der Waals surface area contributed by atoms with Crippen LogP contribution in [0.5, 0.6) is 0 Å². The zero-order valence-corrected chi connectivity index (χ0v) is 18.1. The molecule has 4 rings (SSSR count). The summed E-state index contributed by atoms with van der Waals surface area (Å²) >= 11 is 6.59. The third-order valence-electron chi connectivity index (χ3n) is 4.90. The molecule has 0 aliphatic carbocycles. The maximum Gasteiger partial charge on any atom is 0.419 e. The summed E-state index contributed by atoms with van der Waals surface area (Å²) in [6.45, 7) is 1.98. The van der Waals surface area contributed by atoms with Gasteiger partial charge >= 0.3 is 6.18 Å². The Labute approximate surface area is 188 Å². The van der Waals surface area contributed by atoms with E-state index in [4.69, 9.17) is 17.3 Å². The number of benzene rings is 2. The van der Waals surface area contributed by atoms with Gasteiger partial charge < -0.3 is 10.8 Å². The molecule has 2 aromatic carbocycles. The molecule has 1 atom stereocenters. The smallest absolute Gasteiger partial charge is 0.398 e. The molecule has 0 fully saturated rings. The van der Waals surface area contributed by atoms with Crippen LogP contribution in [0.25, 0.3) is 21.5 Å². The minimum absolute atomic E-state index is 0.167. The predicted octanol–water partition coefficient (Wildman–Crippen LogP) is 4.71. The van der Waals surface area contributed by atoms with E-state index in [9.17, 15) is 23.1 Å². The Hall–Kier alpha value is -2.95. The summed E-state index contributed by atoms with van der Waals surface area (Å²) in [4.78, 5) is 21.2. The van der Waals surface area contributed by atoms with Crippen molar-refractivity contribution in [3.05, 3.63) is 74.2 Å². The predicted molar refractivity (Wildman–Crippen MR) is 118 cm³/mol. The van der Waals surface area contributed by atoms with Crippen LogP contribution in [0.4, 0.5) is 18.9 Å². The molecule has 11 heteroatoms. The van der Waals surface area contributed by atoms with E-state index in [1.807, 2.05) is 12.1 Å². The van der Waals surface area contributed by atoms with Crippen molar-refractivity contribution < 1.29 is 18.3 Å². The molecule has 0 bridgehead atoms. The first-order valence-electron chi connectivity index (χ1n) is 9.30. The summed E-state index contributed by atoms with van der Waals surface area (Å²) in [7, 11) is 0. The normalized spacial score (nSPS) is 12.9. The van der Waals surface area contributed by atoms with Crippen LogP contribution in [0, 0.1) is 6.92 Å². The van der Waals surface area contributed by atoms with Crippen molar-refractivity contribution in [2.24, 2.45) is 0 Å². The SMILES string of the molecule is Cc1nc2cc(-c3ncc(C(O)C(F)(F)F)s3)c(N)cc2c(=O)n1Cc1ccc(Cl)cc1. The highest BCUT2D eigenvalue weighted by atomic mass is 35.5. The number of nitrogens with two attached hydrogens (primary N) is 1. The molecule has 32 heavy (non-hydrogen) atoms. The molecule has 6 nitrogen and oxygen atoms in total. The maximum absolute atomic E-state index is 13.1. The average molecular weight is 481 g/mol. The quantitative estimate of drug-likeness (QED) is 0.413. The molecule has 166 valence electrons. The summed E-state index contributed by atoms with van der Waals surface area (Å²) in [6, 6.07) is 10.0. The molecular formula is C21H16ClF3N4O2S. The molecule has 2 heterocycles. The summed E-state index contributed by atoms with van der Waals surface area (Å²) in [5, 5.41) is 10.5. The number of aliphatic hydroxyl groups is 1. The van der Waals surface area contributed by atoms with Crippen molar-refractivity contribution in [3.63, 3.8) is 0 Å². The van der Waals surface area contributed by atoms with Crippen molar-refractivity contribution in [3.8, 4) is 10.6 Å². The number of fused-ring (bicyclic) bond motifs is 1. The van der Waals surface area contributed by atoms with E-state index in [0.717, 1.165) is 11.8 Å². The fourth-order valence-electron chi connectivity index (χ4n) is 3.24. The van der Waals surface area contributed by atoms with Crippen LogP contribution in [0.15, 0.2) is 47.4 Å². The van der Waals surface area contributed by atoms with E-state index < -0.39 is 12.3 Å². The fourth-order valence-corrected chi connectivity index (χ4v) is 4.33. The highest BCUT2D eigenvalue weighted by Gasteiger charge is 2.40. The van der Waals surface area contributed by atoms with E-state index in [1.165, 1.54) is 16.7 Å². The maximum atomic E-state index is 13.1. The lowest BCUT2D eigenvalue weighted by Gasteiger charge is -2.13. The Morgan fingerprint density at radius 3 is 2.59 bits per heavy atom.